The molecule has 2 N–H and O–H groups in total. The van der Waals surface area contributed by atoms with Crippen LogP contribution < -0.4 is 5.32 Å². The predicted molar refractivity (Wildman–Crippen MR) is 109 cm³/mol. The number of aromatic nitrogens is 2. The standard InChI is InChI=1S/C20H19FN3O4P/c1-24-20(17-4-2-3-5-18(17)21)15(12-22-24)8-11-19(25)23-16-9-6-14(7-10-16)13-28-29(26)27/h2-12,29H,13H2,1H3,(H,23,25)(H,26,27)/b11-8+. The second-order valence-electron chi connectivity index (χ2n) is 6.13. The zero-order valence-electron chi connectivity index (χ0n) is 15.5. The minimum absolute atomic E-state index is 0.0161. The second kappa shape index (κ2) is 9.43. The predicted octanol–water partition coefficient (Wildman–Crippen LogP) is 3.78. The molecular weight excluding hydrogens is 396 g/mol. The Kier molecular flexibility index (Phi) is 6.72. The van der Waals surface area contributed by atoms with Crippen molar-refractivity contribution in [2.45, 2.75) is 6.61 Å². The van der Waals surface area contributed by atoms with Crippen LogP contribution in [0.4, 0.5) is 10.1 Å². The Morgan fingerprint density at radius 2 is 2.00 bits per heavy atom. The van der Waals surface area contributed by atoms with Gasteiger partial charge in [0.1, 0.15) is 5.82 Å². The third-order valence-electron chi connectivity index (χ3n) is 4.09. The van der Waals surface area contributed by atoms with Crippen molar-refractivity contribution in [3.63, 3.8) is 0 Å². The minimum Gasteiger partial charge on any atom is -0.326 e. The van der Waals surface area contributed by atoms with E-state index in [0.29, 0.717) is 28.1 Å². The molecule has 0 bridgehead atoms. The molecule has 150 valence electrons. The monoisotopic (exact) mass is 415 g/mol. The number of anilines is 1. The summed E-state index contributed by atoms with van der Waals surface area (Å²) < 4.78 is 30.9. The maximum absolute atomic E-state index is 14.1. The summed E-state index contributed by atoms with van der Waals surface area (Å²) in [5, 5.41) is 6.86. The lowest BCUT2D eigenvalue weighted by atomic mass is 10.1. The van der Waals surface area contributed by atoms with E-state index in [1.54, 1.807) is 66.5 Å². The van der Waals surface area contributed by atoms with Gasteiger partial charge >= 0.3 is 8.25 Å². The maximum atomic E-state index is 14.1. The summed E-state index contributed by atoms with van der Waals surface area (Å²) in [6.45, 7) is 0.0161. The van der Waals surface area contributed by atoms with Crippen LogP contribution in [0.2, 0.25) is 0 Å². The fourth-order valence-corrected chi connectivity index (χ4v) is 3.03. The number of hydrogen-bond acceptors (Lipinski definition) is 4. The first kappa shape index (κ1) is 20.7. The van der Waals surface area contributed by atoms with Crippen LogP contribution in [0.15, 0.2) is 60.8 Å². The lowest BCUT2D eigenvalue weighted by Gasteiger charge is -2.06. The van der Waals surface area contributed by atoms with Crippen molar-refractivity contribution in [2.24, 2.45) is 7.05 Å². The molecule has 0 aliphatic heterocycles. The molecule has 1 amide bonds. The van der Waals surface area contributed by atoms with Crippen LogP contribution in [-0.2, 0) is 27.5 Å². The number of carbonyl (C=O) groups excluding carboxylic acids is 1. The average Bonchev–Trinajstić information content (AvgIpc) is 3.06. The van der Waals surface area contributed by atoms with Gasteiger partial charge in [-0.1, -0.05) is 24.3 Å². The summed E-state index contributed by atoms with van der Waals surface area (Å²) in [7, 11) is -1.27. The van der Waals surface area contributed by atoms with Crippen molar-refractivity contribution < 1.29 is 23.2 Å². The molecule has 7 nitrogen and oxygen atoms in total. The van der Waals surface area contributed by atoms with Gasteiger partial charge < -0.3 is 14.7 Å². The number of benzene rings is 2. The Morgan fingerprint density at radius 3 is 2.69 bits per heavy atom. The smallest absolute Gasteiger partial charge is 0.316 e. The molecule has 1 heterocycles. The maximum Gasteiger partial charge on any atom is 0.316 e. The molecule has 1 aromatic heterocycles. The van der Waals surface area contributed by atoms with Crippen molar-refractivity contribution in [2.75, 3.05) is 5.32 Å². The Labute approximate surface area is 167 Å². The second-order valence-corrected chi connectivity index (χ2v) is 6.95. The third kappa shape index (κ3) is 5.48. The van der Waals surface area contributed by atoms with Crippen LogP contribution >= 0.6 is 8.25 Å². The largest absolute Gasteiger partial charge is 0.326 e. The number of carbonyl (C=O) groups is 1. The minimum atomic E-state index is -2.98. The summed E-state index contributed by atoms with van der Waals surface area (Å²) in [4.78, 5) is 20.9. The van der Waals surface area contributed by atoms with E-state index in [9.17, 15) is 13.8 Å². The Morgan fingerprint density at radius 1 is 1.28 bits per heavy atom. The van der Waals surface area contributed by atoms with E-state index in [0.717, 1.165) is 0 Å². The summed E-state index contributed by atoms with van der Waals surface area (Å²) in [5.41, 5.74) is 2.84. The Hall–Kier alpha value is -3.06. The molecule has 1 unspecified atom stereocenters. The van der Waals surface area contributed by atoms with Gasteiger partial charge in [0.25, 0.3) is 0 Å². The van der Waals surface area contributed by atoms with E-state index in [1.165, 1.54) is 12.1 Å². The van der Waals surface area contributed by atoms with Crippen molar-refractivity contribution in [1.82, 2.24) is 9.78 Å². The number of rotatable bonds is 7. The first-order valence-corrected chi connectivity index (χ1v) is 9.91. The number of aryl methyl sites for hydroxylation is 1. The van der Waals surface area contributed by atoms with Gasteiger partial charge in [0.05, 0.1) is 18.5 Å². The quantitative estimate of drug-likeness (QED) is 0.453. The van der Waals surface area contributed by atoms with Crippen LogP contribution in [0.5, 0.6) is 0 Å². The van der Waals surface area contributed by atoms with E-state index in [-0.39, 0.29) is 18.3 Å². The van der Waals surface area contributed by atoms with Gasteiger partial charge in [0, 0.05) is 29.9 Å². The summed E-state index contributed by atoms with van der Waals surface area (Å²) in [6.07, 6.45) is 4.48. The molecule has 9 heteroatoms. The van der Waals surface area contributed by atoms with Crippen molar-refractivity contribution in [3.8, 4) is 11.3 Å². The molecule has 3 aromatic rings. The normalized spacial score (nSPS) is 12.2. The molecule has 3 rings (SSSR count). The topological polar surface area (TPSA) is 93.5 Å². The molecular formula is C20H19FN3O4P. The van der Waals surface area contributed by atoms with Crippen LogP contribution in [0.3, 0.4) is 0 Å². The molecule has 29 heavy (non-hydrogen) atoms. The Bertz CT molecular complexity index is 1060. The van der Waals surface area contributed by atoms with Gasteiger partial charge in [-0.05, 0) is 35.9 Å². The molecule has 0 saturated heterocycles. The van der Waals surface area contributed by atoms with E-state index < -0.39 is 8.25 Å². The first-order valence-electron chi connectivity index (χ1n) is 8.64. The average molecular weight is 415 g/mol. The van der Waals surface area contributed by atoms with Crippen molar-refractivity contribution in [1.29, 1.82) is 0 Å². The van der Waals surface area contributed by atoms with Gasteiger partial charge in [-0.3, -0.25) is 14.0 Å². The van der Waals surface area contributed by atoms with Gasteiger partial charge in [0.2, 0.25) is 5.91 Å². The number of hydrogen-bond donors (Lipinski definition) is 2. The zero-order valence-corrected chi connectivity index (χ0v) is 16.5. The Balaban J connectivity index is 1.69. The number of nitrogens with zero attached hydrogens (tertiary/aromatic N) is 2. The number of amides is 1. The lowest BCUT2D eigenvalue weighted by molar-refractivity contribution is -0.111. The zero-order chi connectivity index (χ0) is 20.8. The highest BCUT2D eigenvalue weighted by Gasteiger charge is 2.13. The van der Waals surface area contributed by atoms with Gasteiger partial charge in [-0.15, -0.1) is 0 Å². The molecule has 0 aliphatic carbocycles. The van der Waals surface area contributed by atoms with E-state index >= 15 is 0 Å². The fourth-order valence-electron chi connectivity index (χ4n) is 2.74. The molecule has 2 aromatic carbocycles. The molecule has 0 spiro atoms. The number of halogens is 1. The highest BCUT2D eigenvalue weighted by molar-refractivity contribution is 7.32. The number of nitrogens with one attached hydrogen (secondary N) is 1. The molecule has 0 fully saturated rings. The van der Waals surface area contributed by atoms with E-state index in [4.69, 9.17) is 4.89 Å². The summed E-state index contributed by atoms with van der Waals surface area (Å²) in [6, 6.07) is 13.1. The molecule has 1 atom stereocenters. The van der Waals surface area contributed by atoms with Crippen molar-refractivity contribution >= 4 is 25.9 Å². The summed E-state index contributed by atoms with van der Waals surface area (Å²) >= 11 is 0. The molecule has 0 aliphatic rings. The molecule has 0 saturated carbocycles. The first-order chi connectivity index (χ1) is 13.9. The lowest BCUT2D eigenvalue weighted by Crippen LogP contribution is -2.07. The van der Waals surface area contributed by atoms with E-state index in [1.807, 2.05) is 0 Å². The molecule has 0 radical (unpaired) electrons. The van der Waals surface area contributed by atoms with Gasteiger partial charge in [-0.2, -0.15) is 5.10 Å². The van der Waals surface area contributed by atoms with Crippen LogP contribution in [0.25, 0.3) is 17.3 Å². The van der Waals surface area contributed by atoms with Gasteiger partial charge in [-0.25, -0.2) is 4.39 Å². The highest BCUT2D eigenvalue weighted by atomic mass is 31.1. The van der Waals surface area contributed by atoms with Gasteiger partial charge in [0.15, 0.2) is 0 Å². The SMILES string of the molecule is Cn1ncc(/C=C/C(=O)Nc2ccc(CO[PH](=O)O)cc2)c1-c1ccccc1F. The third-order valence-corrected chi connectivity index (χ3v) is 4.49. The van der Waals surface area contributed by atoms with Crippen LogP contribution in [-0.4, -0.2) is 20.6 Å². The van der Waals surface area contributed by atoms with E-state index in [2.05, 4.69) is 14.9 Å². The van der Waals surface area contributed by atoms with Crippen molar-refractivity contribution in [3.05, 3.63) is 77.7 Å². The highest BCUT2D eigenvalue weighted by Crippen LogP contribution is 2.26. The summed E-state index contributed by atoms with van der Waals surface area (Å²) in [5.74, 6) is -0.733. The van der Waals surface area contributed by atoms with Crippen LogP contribution in [0.1, 0.15) is 11.1 Å². The van der Waals surface area contributed by atoms with Crippen LogP contribution in [0, 0.1) is 5.82 Å². The fraction of sp³-hybridized carbons (Fsp3) is 0.100.